The van der Waals surface area contributed by atoms with Crippen LogP contribution in [0.3, 0.4) is 0 Å². The molecule has 2 unspecified atom stereocenters. The smallest absolute Gasteiger partial charge is 0.237 e. The van der Waals surface area contributed by atoms with Gasteiger partial charge in [-0.15, -0.1) is 0 Å². The van der Waals surface area contributed by atoms with Crippen molar-refractivity contribution < 1.29 is 9.53 Å². The fourth-order valence-electron chi connectivity index (χ4n) is 1.48. The predicted octanol–water partition coefficient (Wildman–Crippen LogP) is 0.513. The Morgan fingerprint density at radius 3 is 2.60 bits per heavy atom. The first-order valence-electron chi connectivity index (χ1n) is 5.59. The van der Waals surface area contributed by atoms with Gasteiger partial charge in [-0.1, -0.05) is 27.2 Å². The van der Waals surface area contributed by atoms with Crippen molar-refractivity contribution in [3.05, 3.63) is 0 Å². The van der Waals surface area contributed by atoms with Gasteiger partial charge in [0.1, 0.15) is 0 Å². The first-order valence-corrected chi connectivity index (χ1v) is 5.59. The molecule has 1 heterocycles. The number of hydrogen-bond acceptors (Lipinski definition) is 3. The van der Waals surface area contributed by atoms with Gasteiger partial charge in [-0.25, -0.2) is 0 Å². The Hall–Kier alpha value is -0.610. The third-order valence-electron chi connectivity index (χ3n) is 3.15. The van der Waals surface area contributed by atoms with Gasteiger partial charge in [0.25, 0.3) is 0 Å². The molecule has 1 amide bonds. The number of nitrogens with one attached hydrogen (secondary N) is 1. The zero-order valence-corrected chi connectivity index (χ0v) is 9.88. The lowest BCUT2D eigenvalue weighted by Gasteiger charge is -2.38. The molecule has 1 saturated heterocycles. The van der Waals surface area contributed by atoms with Crippen LogP contribution in [-0.2, 0) is 9.53 Å². The SMILES string of the molecule is CCC(C)C(N)C(=O)NCC1(C)COC1. The van der Waals surface area contributed by atoms with Crippen molar-refractivity contribution in [2.24, 2.45) is 17.1 Å². The molecule has 0 aromatic carbocycles. The maximum absolute atomic E-state index is 11.7. The molecule has 3 N–H and O–H groups in total. The van der Waals surface area contributed by atoms with Crippen molar-refractivity contribution in [1.82, 2.24) is 5.32 Å². The van der Waals surface area contributed by atoms with E-state index in [1.807, 2.05) is 13.8 Å². The van der Waals surface area contributed by atoms with Crippen LogP contribution >= 0.6 is 0 Å². The largest absolute Gasteiger partial charge is 0.380 e. The molecular formula is C11H22N2O2. The van der Waals surface area contributed by atoms with Crippen LogP contribution in [0, 0.1) is 11.3 Å². The van der Waals surface area contributed by atoms with E-state index in [-0.39, 0.29) is 23.3 Å². The Labute approximate surface area is 91.5 Å². The van der Waals surface area contributed by atoms with Gasteiger partial charge in [0, 0.05) is 12.0 Å². The summed E-state index contributed by atoms with van der Waals surface area (Å²) < 4.78 is 5.12. The summed E-state index contributed by atoms with van der Waals surface area (Å²) in [7, 11) is 0. The fourth-order valence-corrected chi connectivity index (χ4v) is 1.48. The van der Waals surface area contributed by atoms with E-state index >= 15 is 0 Å². The maximum Gasteiger partial charge on any atom is 0.237 e. The summed E-state index contributed by atoms with van der Waals surface area (Å²) in [6.45, 7) is 8.26. The number of nitrogens with two attached hydrogens (primary N) is 1. The van der Waals surface area contributed by atoms with Crippen LogP contribution in [0.15, 0.2) is 0 Å². The van der Waals surface area contributed by atoms with Crippen LogP contribution < -0.4 is 11.1 Å². The minimum atomic E-state index is -0.389. The normalized spacial score (nSPS) is 22.7. The molecule has 0 aliphatic carbocycles. The molecule has 4 nitrogen and oxygen atoms in total. The number of ether oxygens (including phenoxy) is 1. The van der Waals surface area contributed by atoms with Crippen LogP contribution in [0.25, 0.3) is 0 Å². The lowest BCUT2D eigenvalue weighted by Crippen LogP contribution is -2.52. The lowest BCUT2D eigenvalue weighted by atomic mass is 9.88. The molecule has 0 saturated carbocycles. The van der Waals surface area contributed by atoms with Gasteiger partial charge in [-0.3, -0.25) is 4.79 Å². The quantitative estimate of drug-likeness (QED) is 0.701. The molecule has 0 bridgehead atoms. The molecule has 1 aliphatic rings. The summed E-state index contributed by atoms with van der Waals surface area (Å²) in [4.78, 5) is 11.7. The van der Waals surface area contributed by atoms with Gasteiger partial charge in [0.05, 0.1) is 19.3 Å². The molecule has 1 aliphatic heterocycles. The molecule has 0 radical (unpaired) electrons. The Balaban J connectivity index is 2.29. The average Bonchev–Trinajstić information content (AvgIpc) is 2.20. The van der Waals surface area contributed by atoms with E-state index in [9.17, 15) is 4.79 Å². The maximum atomic E-state index is 11.7. The molecule has 1 rings (SSSR count). The Morgan fingerprint density at radius 1 is 1.60 bits per heavy atom. The molecule has 2 atom stereocenters. The van der Waals surface area contributed by atoms with E-state index in [4.69, 9.17) is 10.5 Å². The molecule has 1 fully saturated rings. The van der Waals surface area contributed by atoms with E-state index in [0.29, 0.717) is 6.54 Å². The molecule has 0 spiro atoms. The lowest BCUT2D eigenvalue weighted by molar-refractivity contribution is -0.128. The number of rotatable bonds is 5. The van der Waals surface area contributed by atoms with Gasteiger partial charge < -0.3 is 15.8 Å². The van der Waals surface area contributed by atoms with Crippen LogP contribution in [0.2, 0.25) is 0 Å². The summed E-state index contributed by atoms with van der Waals surface area (Å²) >= 11 is 0. The van der Waals surface area contributed by atoms with E-state index in [1.54, 1.807) is 0 Å². The first kappa shape index (κ1) is 12.5. The summed E-state index contributed by atoms with van der Waals surface area (Å²) in [5.74, 6) is 0.188. The van der Waals surface area contributed by atoms with E-state index in [0.717, 1.165) is 19.6 Å². The minimum absolute atomic E-state index is 0.0440. The third-order valence-corrected chi connectivity index (χ3v) is 3.15. The summed E-state index contributed by atoms with van der Waals surface area (Å²) in [6.07, 6.45) is 0.926. The minimum Gasteiger partial charge on any atom is -0.380 e. The van der Waals surface area contributed by atoms with E-state index in [2.05, 4.69) is 12.2 Å². The second-order valence-electron chi connectivity index (χ2n) is 4.93. The number of carbonyl (C=O) groups is 1. The van der Waals surface area contributed by atoms with Crippen molar-refractivity contribution in [3.63, 3.8) is 0 Å². The average molecular weight is 214 g/mol. The molecule has 4 heteroatoms. The van der Waals surface area contributed by atoms with E-state index in [1.165, 1.54) is 0 Å². The van der Waals surface area contributed by atoms with E-state index < -0.39 is 0 Å². The van der Waals surface area contributed by atoms with Crippen molar-refractivity contribution in [2.75, 3.05) is 19.8 Å². The topological polar surface area (TPSA) is 64.4 Å². The summed E-state index contributed by atoms with van der Waals surface area (Å²) in [5.41, 5.74) is 5.93. The Morgan fingerprint density at radius 2 is 2.20 bits per heavy atom. The number of amides is 1. The summed E-state index contributed by atoms with van der Waals surface area (Å²) in [6, 6.07) is -0.389. The Bertz CT molecular complexity index is 227. The molecular weight excluding hydrogens is 192 g/mol. The monoisotopic (exact) mass is 214 g/mol. The zero-order valence-electron chi connectivity index (χ0n) is 9.88. The highest BCUT2D eigenvalue weighted by molar-refractivity contribution is 5.81. The van der Waals surface area contributed by atoms with Gasteiger partial charge >= 0.3 is 0 Å². The highest BCUT2D eigenvalue weighted by Gasteiger charge is 2.34. The first-order chi connectivity index (χ1) is 6.98. The highest BCUT2D eigenvalue weighted by Crippen LogP contribution is 2.25. The molecule has 0 aromatic heterocycles. The van der Waals surface area contributed by atoms with Crippen molar-refractivity contribution in [1.29, 1.82) is 0 Å². The third kappa shape index (κ3) is 3.18. The number of hydrogen-bond donors (Lipinski definition) is 2. The van der Waals surface area contributed by atoms with Crippen molar-refractivity contribution in [3.8, 4) is 0 Å². The predicted molar refractivity (Wildman–Crippen MR) is 59.4 cm³/mol. The standard InChI is InChI=1S/C11H22N2O2/c1-4-8(2)9(12)10(14)13-5-11(3)6-15-7-11/h8-9H,4-7,12H2,1-3H3,(H,13,14). The molecule has 0 aromatic rings. The second-order valence-corrected chi connectivity index (χ2v) is 4.93. The van der Waals surface area contributed by atoms with Gasteiger partial charge in [-0.05, 0) is 5.92 Å². The Kier molecular flexibility index (Phi) is 4.11. The fraction of sp³-hybridized carbons (Fsp3) is 0.909. The van der Waals surface area contributed by atoms with Crippen LogP contribution in [-0.4, -0.2) is 31.7 Å². The van der Waals surface area contributed by atoms with Crippen LogP contribution in [0.4, 0.5) is 0 Å². The van der Waals surface area contributed by atoms with Gasteiger partial charge in [-0.2, -0.15) is 0 Å². The van der Waals surface area contributed by atoms with Crippen LogP contribution in [0.1, 0.15) is 27.2 Å². The van der Waals surface area contributed by atoms with Crippen LogP contribution in [0.5, 0.6) is 0 Å². The molecule has 88 valence electrons. The van der Waals surface area contributed by atoms with Gasteiger partial charge in [0.15, 0.2) is 0 Å². The highest BCUT2D eigenvalue weighted by atomic mass is 16.5. The van der Waals surface area contributed by atoms with Crippen molar-refractivity contribution >= 4 is 5.91 Å². The van der Waals surface area contributed by atoms with Gasteiger partial charge in [0.2, 0.25) is 5.91 Å². The second kappa shape index (κ2) is 4.94. The van der Waals surface area contributed by atoms with Crippen molar-refractivity contribution in [2.45, 2.75) is 33.2 Å². The molecule has 15 heavy (non-hydrogen) atoms. The zero-order chi connectivity index (χ0) is 11.5. The summed E-state index contributed by atoms with van der Waals surface area (Å²) in [5, 5.41) is 2.90. The number of carbonyl (C=O) groups excluding carboxylic acids is 1.